The van der Waals surface area contributed by atoms with Gasteiger partial charge in [0.05, 0.1) is 12.3 Å². The number of carbonyl (C=O) groups is 1. The normalized spacial score (nSPS) is 11.5. The van der Waals surface area contributed by atoms with E-state index in [0.717, 1.165) is 4.88 Å². The lowest BCUT2D eigenvalue weighted by Gasteiger charge is -2.00. The van der Waals surface area contributed by atoms with Crippen molar-refractivity contribution in [3.63, 3.8) is 0 Å². The molecule has 0 aromatic carbocycles. The summed E-state index contributed by atoms with van der Waals surface area (Å²) < 4.78 is 28.9. The van der Waals surface area contributed by atoms with Crippen LogP contribution in [0, 0.1) is 6.92 Å². The average molecular weight is 313 g/mol. The van der Waals surface area contributed by atoms with Crippen molar-refractivity contribution in [2.45, 2.75) is 24.6 Å². The summed E-state index contributed by atoms with van der Waals surface area (Å²) >= 11 is 1.17. The fourth-order valence-corrected chi connectivity index (χ4v) is 3.99. The highest BCUT2D eigenvalue weighted by Crippen LogP contribution is 2.22. The Kier molecular flexibility index (Phi) is 4.29. The summed E-state index contributed by atoms with van der Waals surface area (Å²) in [5, 5.41) is 2.69. The number of furan rings is 1. The first kappa shape index (κ1) is 14.8. The minimum Gasteiger partial charge on any atom is -0.456 e. The van der Waals surface area contributed by atoms with Gasteiger partial charge in [0.15, 0.2) is 15.6 Å². The van der Waals surface area contributed by atoms with Crippen LogP contribution in [-0.2, 0) is 16.4 Å². The van der Waals surface area contributed by atoms with Gasteiger partial charge in [0.25, 0.3) is 5.91 Å². The van der Waals surface area contributed by atoms with Crippen LogP contribution in [0.1, 0.15) is 28.1 Å². The Morgan fingerprint density at radius 2 is 2.05 bits per heavy atom. The molecule has 5 nitrogen and oxygen atoms in total. The molecular weight excluding hydrogens is 298 g/mol. The molecule has 0 radical (unpaired) electrons. The lowest BCUT2D eigenvalue weighted by atomic mass is 10.4. The molecule has 108 valence electrons. The first-order valence-corrected chi connectivity index (χ1v) is 8.55. The lowest BCUT2D eigenvalue weighted by molar-refractivity contribution is 0.0922. The van der Waals surface area contributed by atoms with Gasteiger partial charge in [-0.25, -0.2) is 8.42 Å². The van der Waals surface area contributed by atoms with E-state index in [1.54, 1.807) is 38.1 Å². The first-order valence-electron chi connectivity index (χ1n) is 6.08. The van der Waals surface area contributed by atoms with Gasteiger partial charge in [-0.3, -0.25) is 4.79 Å². The molecule has 1 amide bonds. The van der Waals surface area contributed by atoms with Crippen LogP contribution < -0.4 is 5.32 Å². The number of hydrogen-bond acceptors (Lipinski definition) is 5. The van der Waals surface area contributed by atoms with E-state index in [1.807, 2.05) is 0 Å². The summed E-state index contributed by atoms with van der Waals surface area (Å²) in [5.41, 5.74) is 0. The topological polar surface area (TPSA) is 76.4 Å². The maximum absolute atomic E-state index is 11.8. The summed E-state index contributed by atoms with van der Waals surface area (Å²) in [6.45, 7) is 3.65. The Morgan fingerprint density at radius 3 is 2.65 bits per heavy atom. The molecule has 0 aliphatic heterocycles. The lowest BCUT2D eigenvalue weighted by Crippen LogP contribution is -2.21. The van der Waals surface area contributed by atoms with Crippen molar-refractivity contribution in [3.8, 4) is 0 Å². The molecule has 20 heavy (non-hydrogen) atoms. The molecule has 0 spiro atoms. The molecule has 0 unspecified atom stereocenters. The number of nitrogens with one attached hydrogen (secondary N) is 1. The van der Waals surface area contributed by atoms with Crippen molar-refractivity contribution in [1.29, 1.82) is 0 Å². The van der Waals surface area contributed by atoms with E-state index >= 15 is 0 Å². The molecule has 2 aromatic heterocycles. The third kappa shape index (κ3) is 3.29. The minimum atomic E-state index is -3.18. The van der Waals surface area contributed by atoms with Gasteiger partial charge < -0.3 is 9.73 Å². The van der Waals surface area contributed by atoms with E-state index in [2.05, 4.69) is 5.32 Å². The van der Waals surface area contributed by atoms with Gasteiger partial charge in [-0.05, 0) is 31.2 Å². The Bertz CT molecular complexity index is 712. The molecule has 0 aliphatic carbocycles. The molecule has 0 atom stereocenters. The maximum Gasteiger partial charge on any atom is 0.287 e. The number of carbonyl (C=O) groups excluding carboxylic acids is 1. The van der Waals surface area contributed by atoms with Crippen LogP contribution in [-0.4, -0.2) is 20.1 Å². The van der Waals surface area contributed by atoms with Crippen molar-refractivity contribution in [1.82, 2.24) is 5.32 Å². The van der Waals surface area contributed by atoms with Gasteiger partial charge in [0.1, 0.15) is 9.97 Å². The molecule has 7 heteroatoms. The fourth-order valence-electron chi connectivity index (χ4n) is 1.57. The van der Waals surface area contributed by atoms with Gasteiger partial charge in [0, 0.05) is 4.88 Å². The van der Waals surface area contributed by atoms with Crippen molar-refractivity contribution in [3.05, 3.63) is 40.7 Å². The molecule has 0 saturated carbocycles. The Labute approximate surface area is 121 Å². The highest BCUT2D eigenvalue weighted by molar-refractivity contribution is 7.93. The van der Waals surface area contributed by atoms with Gasteiger partial charge >= 0.3 is 0 Å². The van der Waals surface area contributed by atoms with Crippen LogP contribution in [0.25, 0.3) is 0 Å². The SMILES string of the molecule is CCS(=O)(=O)c1ccc(CNC(=O)c2ccc(C)o2)s1. The fraction of sp³-hybridized carbons (Fsp3) is 0.308. The van der Waals surface area contributed by atoms with Crippen molar-refractivity contribution in [2.75, 3.05) is 5.75 Å². The Hall–Kier alpha value is -1.60. The van der Waals surface area contributed by atoms with E-state index < -0.39 is 9.84 Å². The van der Waals surface area contributed by atoms with Crippen LogP contribution in [0.15, 0.2) is 32.9 Å². The number of thiophene rings is 1. The second kappa shape index (κ2) is 5.80. The van der Waals surface area contributed by atoms with Crippen LogP contribution in [0.5, 0.6) is 0 Å². The highest BCUT2D eigenvalue weighted by atomic mass is 32.2. The number of amides is 1. The largest absolute Gasteiger partial charge is 0.456 e. The monoisotopic (exact) mass is 313 g/mol. The summed E-state index contributed by atoms with van der Waals surface area (Å²) in [7, 11) is -3.18. The Morgan fingerprint density at radius 1 is 1.30 bits per heavy atom. The first-order chi connectivity index (χ1) is 9.42. The zero-order valence-corrected chi connectivity index (χ0v) is 12.8. The number of rotatable bonds is 5. The average Bonchev–Trinajstić information content (AvgIpc) is 3.05. The molecule has 1 N–H and O–H groups in total. The predicted octanol–water partition coefficient (Wildman–Crippen LogP) is 2.37. The van der Waals surface area contributed by atoms with Gasteiger partial charge in [-0.1, -0.05) is 6.92 Å². The van der Waals surface area contributed by atoms with Crippen LogP contribution in [0.2, 0.25) is 0 Å². The number of aryl methyl sites for hydroxylation is 1. The van der Waals surface area contributed by atoms with E-state index in [0.29, 0.717) is 9.97 Å². The van der Waals surface area contributed by atoms with Gasteiger partial charge in [0.2, 0.25) is 0 Å². The van der Waals surface area contributed by atoms with Crippen LogP contribution in [0.4, 0.5) is 0 Å². The summed E-state index contributed by atoms with van der Waals surface area (Å²) in [6, 6.07) is 6.60. The molecular formula is C13H15NO4S2. The van der Waals surface area contributed by atoms with E-state index in [9.17, 15) is 13.2 Å². The predicted molar refractivity (Wildman–Crippen MR) is 76.7 cm³/mol. The van der Waals surface area contributed by atoms with Gasteiger partial charge in [-0.15, -0.1) is 11.3 Å². The maximum atomic E-state index is 11.8. The highest BCUT2D eigenvalue weighted by Gasteiger charge is 2.15. The molecule has 2 aromatic rings. The summed E-state index contributed by atoms with van der Waals surface area (Å²) in [5.74, 6) is 0.680. The third-order valence-corrected chi connectivity index (χ3v) is 6.11. The second-order valence-electron chi connectivity index (χ2n) is 4.22. The van der Waals surface area contributed by atoms with Gasteiger partial charge in [-0.2, -0.15) is 0 Å². The molecule has 2 heterocycles. The molecule has 0 saturated heterocycles. The standard InChI is InChI=1S/C13H15NO4S2/c1-3-20(16,17)12-7-5-10(19-12)8-14-13(15)11-6-4-9(2)18-11/h4-7H,3,8H2,1-2H3,(H,14,15). The second-order valence-corrected chi connectivity index (χ2v) is 7.89. The van der Waals surface area contributed by atoms with Crippen molar-refractivity contribution in [2.24, 2.45) is 0 Å². The molecule has 0 bridgehead atoms. The molecule has 2 rings (SSSR count). The van der Waals surface area contributed by atoms with Crippen molar-refractivity contribution < 1.29 is 17.6 Å². The van der Waals surface area contributed by atoms with Crippen molar-refractivity contribution >= 4 is 27.1 Å². The smallest absolute Gasteiger partial charge is 0.287 e. The van der Waals surface area contributed by atoms with E-state index in [-0.39, 0.29) is 24.0 Å². The van der Waals surface area contributed by atoms with E-state index in [4.69, 9.17) is 4.42 Å². The zero-order valence-electron chi connectivity index (χ0n) is 11.2. The summed E-state index contributed by atoms with van der Waals surface area (Å²) in [4.78, 5) is 12.6. The minimum absolute atomic E-state index is 0.0744. The quantitative estimate of drug-likeness (QED) is 0.919. The molecule has 0 fully saturated rings. The number of sulfone groups is 1. The Balaban J connectivity index is 2.00. The van der Waals surface area contributed by atoms with Crippen LogP contribution >= 0.6 is 11.3 Å². The zero-order chi connectivity index (χ0) is 14.8. The van der Waals surface area contributed by atoms with Crippen LogP contribution in [0.3, 0.4) is 0 Å². The third-order valence-electron chi connectivity index (χ3n) is 2.71. The van der Waals surface area contributed by atoms with E-state index in [1.165, 1.54) is 11.3 Å². The molecule has 0 aliphatic rings. The number of hydrogen-bond donors (Lipinski definition) is 1. The summed E-state index contributed by atoms with van der Waals surface area (Å²) in [6.07, 6.45) is 0.